The number of aryl methyl sites for hydroxylation is 1. The molecule has 0 bridgehead atoms. The SMILES string of the molecule is COc1cc(OC)c(OC)cc1/C=C1\Oc2c(CN3CCN(Cc4ccc5c(c4)OCO5)CC3)c(O)cc(C)c2C1=O. The number of phenols is 1. The van der Waals surface area contributed by atoms with Gasteiger partial charge in [0.1, 0.15) is 17.2 Å². The first kappa shape index (κ1) is 27.7. The predicted molar refractivity (Wildman–Crippen MR) is 155 cm³/mol. The van der Waals surface area contributed by atoms with Gasteiger partial charge in [-0.1, -0.05) is 6.07 Å². The summed E-state index contributed by atoms with van der Waals surface area (Å²) in [5, 5.41) is 11.0. The molecule has 0 aromatic heterocycles. The Balaban J connectivity index is 1.19. The van der Waals surface area contributed by atoms with Crippen LogP contribution >= 0.6 is 0 Å². The van der Waals surface area contributed by atoms with Gasteiger partial charge in [0.15, 0.2) is 28.8 Å². The van der Waals surface area contributed by atoms with E-state index in [0.29, 0.717) is 51.8 Å². The van der Waals surface area contributed by atoms with E-state index in [9.17, 15) is 9.90 Å². The third-order valence-electron chi connectivity index (χ3n) is 7.93. The normalized spacial score (nSPS) is 17.3. The minimum absolute atomic E-state index is 0.117. The summed E-state index contributed by atoms with van der Waals surface area (Å²) >= 11 is 0. The molecule has 0 unspecified atom stereocenters. The number of hydrogen-bond acceptors (Lipinski definition) is 10. The molecule has 3 aromatic rings. The van der Waals surface area contributed by atoms with E-state index in [4.69, 9.17) is 28.4 Å². The highest BCUT2D eigenvalue weighted by molar-refractivity contribution is 6.16. The molecule has 0 amide bonds. The zero-order valence-electron chi connectivity index (χ0n) is 24.2. The minimum atomic E-state index is -0.242. The highest BCUT2D eigenvalue weighted by atomic mass is 16.7. The van der Waals surface area contributed by atoms with Crippen molar-refractivity contribution >= 4 is 11.9 Å². The molecule has 3 aromatic carbocycles. The summed E-state index contributed by atoms with van der Waals surface area (Å²) in [5.74, 6) is 3.53. The summed E-state index contributed by atoms with van der Waals surface area (Å²) in [4.78, 5) is 18.2. The maximum Gasteiger partial charge on any atom is 0.232 e. The average Bonchev–Trinajstić information content (AvgIpc) is 3.59. The van der Waals surface area contributed by atoms with Gasteiger partial charge in [-0.15, -0.1) is 0 Å². The molecule has 0 spiro atoms. The van der Waals surface area contributed by atoms with Crippen molar-refractivity contribution in [2.24, 2.45) is 0 Å². The fourth-order valence-corrected chi connectivity index (χ4v) is 5.67. The molecule has 220 valence electrons. The molecule has 1 saturated heterocycles. The van der Waals surface area contributed by atoms with Crippen LogP contribution in [0.15, 0.2) is 42.2 Å². The Labute approximate surface area is 244 Å². The van der Waals surface area contributed by atoms with Crippen molar-refractivity contribution in [1.82, 2.24) is 9.80 Å². The van der Waals surface area contributed by atoms with Gasteiger partial charge in [-0.3, -0.25) is 14.6 Å². The number of rotatable bonds is 8. The Hall–Kier alpha value is -4.41. The van der Waals surface area contributed by atoms with Gasteiger partial charge in [-0.25, -0.2) is 0 Å². The Morgan fingerprint density at radius 3 is 2.24 bits per heavy atom. The van der Waals surface area contributed by atoms with Gasteiger partial charge in [0.05, 0.1) is 32.5 Å². The number of hydrogen-bond donors (Lipinski definition) is 1. The first-order chi connectivity index (χ1) is 20.4. The number of aromatic hydroxyl groups is 1. The topological polar surface area (TPSA) is 99.2 Å². The van der Waals surface area contributed by atoms with Gasteiger partial charge in [0, 0.05) is 50.9 Å². The second-order valence-corrected chi connectivity index (χ2v) is 10.5. The summed E-state index contributed by atoms with van der Waals surface area (Å²) in [6.07, 6.45) is 1.64. The van der Waals surface area contributed by atoms with Crippen LogP contribution in [0.1, 0.15) is 32.6 Å². The lowest BCUT2D eigenvalue weighted by atomic mass is 9.99. The van der Waals surface area contributed by atoms with Crippen LogP contribution in [-0.2, 0) is 13.1 Å². The number of phenolic OH excluding ortho intramolecular Hbond substituents is 1. The fourth-order valence-electron chi connectivity index (χ4n) is 5.67. The molecule has 0 saturated carbocycles. The lowest BCUT2D eigenvalue weighted by molar-refractivity contribution is 0.101. The van der Waals surface area contributed by atoms with E-state index in [1.54, 1.807) is 52.5 Å². The van der Waals surface area contributed by atoms with E-state index < -0.39 is 0 Å². The molecule has 3 aliphatic rings. The van der Waals surface area contributed by atoms with E-state index >= 15 is 0 Å². The number of Topliss-reactive ketones (excluding diaryl/α,β-unsaturated/α-hetero) is 1. The summed E-state index contributed by atoms with van der Waals surface area (Å²) < 4.78 is 33.5. The summed E-state index contributed by atoms with van der Waals surface area (Å²) in [6, 6.07) is 11.2. The molecule has 10 heteroatoms. The molecule has 0 atom stereocenters. The van der Waals surface area contributed by atoms with Crippen LogP contribution in [0.25, 0.3) is 6.08 Å². The van der Waals surface area contributed by atoms with Crippen LogP contribution in [0, 0.1) is 6.92 Å². The quantitative estimate of drug-likeness (QED) is 0.390. The fraction of sp³-hybridized carbons (Fsp3) is 0.344. The zero-order valence-corrected chi connectivity index (χ0v) is 24.2. The van der Waals surface area contributed by atoms with Crippen molar-refractivity contribution in [1.29, 1.82) is 0 Å². The number of fused-ring (bicyclic) bond motifs is 2. The van der Waals surface area contributed by atoms with E-state index in [1.165, 1.54) is 5.56 Å². The highest BCUT2D eigenvalue weighted by Crippen LogP contribution is 2.44. The van der Waals surface area contributed by atoms with Gasteiger partial charge < -0.3 is 33.5 Å². The lowest BCUT2D eigenvalue weighted by Gasteiger charge is -2.35. The van der Waals surface area contributed by atoms with E-state index in [0.717, 1.165) is 44.2 Å². The Bertz CT molecular complexity index is 1560. The average molecular weight is 575 g/mol. The number of piperazine rings is 1. The summed E-state index contributed by atoms with van der Waals surface area (Å²) in [5.41, 5.74) is 3.52. The summed E-state index contributed by atoms with van der Waals surface area (Å²) in [7, 11) is 4.64. The molecular formula is C32H34N2O8. The molecule has 42 heavy (non-hydrogen) atoms. The number of nitrogens with zero attached hydrogens (tertiary/aromatic N) is 2. The lowest BCUT2D eigenvalue weighted by Crippen LogP contribution is -2.45. The molecule has 1 fully saturated rings. The van der Waals surface area contributed by atoms with Crippen LogP contribution in [0.5, 0.6) is 40.2 Å². The molecule has 3 aliphatic heterocycles. The zero-order chi connectivity index (χ0) is 29.4. The molecule has 3 heterocycles. The van der Waals surface area contributed by atoms with Crippen LogP contribution in [0.2, 0.25) is 0 Å². The van der Waals surface area contributed by atoms with Crippen molar-refractivity contribution in [2.75, 3.05) is 54.3 Å². The molecule has 10 nitrogen and oxygen atoms in total. The van der Waals surface area contributed by atoms with E-state index in [2.05, 4.69) is 15.9 Å². The van der Waals surface area contributed by atoms with E-state index in [1.807, 2.05) is 12.1 Å². The van der Waals surface area contributed by atoms with Crippen LogP contribution in [0.4, 0.5) is 0 Å². The Morgan fingerprint density at radius 2 is 1.52 bits per heavy atom. The van der Waals surface area contributed by atoms with Crippen molar-refractivity contribution in [3.8, 4) is 40.2 Å². The van der Waals surface area contributed by atoms with Gasteiger partial charge >= 0.3 is 0 Å². The molecule has 6 rings (SSSR count). The maximum absolute atomic E-state index is 13.5. The minimum Gasteiger partial charge on any atom is -0.507 e. The van der Waals surface area contributed by atoms with Crippen LogP contribution < -0.4 is 28.4 Å². The Kier molecular flexibility index (Phi) is 7.57. The number of methoxy groups -OCH3 is 3. The standard InChI is InChI=1S/C32H34N2O8/c1-19-11-23(35)22(17-34-9-7-33(8-10-34)16-20-5-6-24-28(12-20)41-18-40-24)32-30(19)31(36)29(42-32)14-21-13-26(38-3)27(39-4)15-25(21)37-2/h5-6,11-15,35H,7-10,16-18H2,1-4H3/b29-14-. The molecule has 0 aliphatic carbocycles. The molecular weight excluding hydrogens is 540 g/mol. The highest BCUT2D eigenvalue weighted by Gasteiger charge is 2.34. The largest absolute Gasteiger partial charge is 0.507 e. The summed E-state index contributed by atoms with van der Waals surface area (Å²) in [6.45, 7) is 6.72. The van der Waals surface area contributed by atoms with Gasteiger partial charge in [-0.2, -0.15) is 0 Å². The van der Waals surface area contributed by atoms with E-state index in [-0.39, 0.29) is 24.1 Å². The monoisotopic (exact) mass is 574 g/mol. The van der Waals surface area contributed by atoms with Gasteiger partial charge in [0.2, 0.25) is 12.6 Å². The molecule has 1 N–H and O–H groups in total. The number of ketones is 1. The smallest absolute Gasteiger partial charge is 0.232 e. The maximum atomic E-state index is 13.5. The van der Waals surface area contributed by atoms with Crippen LogP contribution in [0.3, 0.4) is 0 Å². The third kappa shape index (κ3) is 5.19. The van der Waals surface area contributed by atoms with Crippen molar-refractivity contribution in [3.63, 3.8) is 0 Å². The number of carbonyl (C=O) groups excluding carboxylic acids is 1. The number of ether oxygens (including phenoxy) is 6. The van der Waals surface area contributed by atoms with Crippen LogP contribution in [-0.4, -0.2) is 75.0 Å². The second-order valence-electron chi connectivity index (χ2n) is 10.5. The molecule has 0 radical (unpaired) electrons. The van der Waals surface area contributed by atoms with Gasteiger partial charge in [-0.05, 0) is 48.4 Å². The number of allylic oxidation sites excluding steroid dienone is 1. The van der Waals surface area contributed by atoms with Crippen molar-refractivity contribution in [3.05, 3.63) is 70.0 Å². The number of benzene rings is 3. The first-order valence-corrected chi connectivity index (χ1v) is 13.8. The third-order valence-corrected chi connectivity index (χ3v) is 7.93. The second kappa shape index (κ2) is 11.5. The first-order valence-electron chi connectivity index (χ1n) is 13.8. The van der Waals surface area contributed by atoms with Crippen molar-refractivity contribution < 1.29 is 38.3 Å². The van der Waals surface area contributed by atoms with Crippen molar-refractivity contribution in [2.45, 2.75) is 20.0 Å². The Morgan fingerprint density at radius 1 is 0.857 bits per heavy atom. The van der Waals surface area contributed by atoms with Gasteiger partial charge in [0.25, 0.3) is 0 Å². The predicted octanol–water partition coefficient (Wildman–Crippen LogP) is 4.39. The number of carbonyl (C=O) groups is 1.